The Balaban J connectivity index is 1.35. The van der Waals surface area contributed by atoms with Gasteiger partial charge in [0.05, 0.1) is 23.8 Å². The van der Waals surface area contributed by atoms with E-state index in [0.29, 0.717) is 12.1 Å². The molecule has 0 radical (unpaired) electrons. The summed E-state index contributed by atoms with van der Waals surface area (Å²) in [6.07, 6.45) is 4.47. The van der Waals surface area contributed by atoms with E-state index in [2.05, 4.69) is 27.9 Å². The Morgan fingerprint density at radius 2 is 1.83 bits per heavy atom. The van der Waals surface area contributed by atoms with E-state index in [1.165, 1.54) is 0 Å². The number of aromatic nitrogens is 3. The third-order valence-electron chi connectivity index (χ3n) is 5.98. The fourth-order valence-electron chi connectivity index (χ4n) is 4.07. The van der Waals surface area contributed by atoms with E-state index in [4.69, 9.17) is 16.6 Å². The minimum atomic E-state index is -0.113. The van der Waals surface area contributed by atoms with Gasteiger partial charge < -0.3 is 9.88 Å². The third-order valence-corrected chi connectivity index (χ3v) is 7.26. The molecule has 1 amide bonds. The number of anilines is 1. The lowest BCUT2D eigenvalue weighted by atomic mass is 10.1. The summed E-state index contributed by atoms with van der Waals surface area (Å²) in [5.74, 6) is 0.646. The van der Waals surface area contributed by atoms with Crippen molar-refractivity contribution in [3.63, 3.8) is 0 Å². The van der Waals surface area contributed by atoms with Crippen molar-refractivity contribution < 1.29 is 4.79 Å². The zero-order chi connectivity index (χ0) is 24.9. The van der Waals surface area contributed by atoms with E-state index in [-0.39, 0.29) is 5.91 Å². The standard InChI is InChI=1S/C29H25ClN4OS/c1-2-22-7-3-4-9-25(22)32-28(35)23-12-10-20(11-13-23)18-34-27-17-31-15-14-26(27)33-29(34)36-19-21-6-5-8-24(30)16-21/h3-17H,2,18-19H2,1H3,(H,32,35). The van der Waals surface area contributed by atoms with E-state index in [1.807, 2.05) is 79.0 Å². The second-order valence-corrected chi connectivity index (χ2v) is 9.80. The van der Waals surface area contributed by atoms with Crippen LogP contribution < -0.4 is 5.32 Å². The first-order valence-electron chi connectivity index (χ1n) is 11.8. The molecule has 0 fully saturated rings. The second-order valence-electron chi connectivity index (χ2n) is 8.43. The first kappa shape index (κ1) is 24.1. The van der Waals surface area contributed by atoms with Crippen molar-refractivity contribution in [2.75, 3.05) is 5.32 Å². The number of nitrogens with one attached hydrogen (secondary N) is 1. The number of halogens is 1. The predicted octanol–water partition coefficient (Wildman–Crippen LogP) is 7.24. The summed E-state index contributed by atoms with van der Waals surface area (Å²) >= 11 is 7.83. The molecule has 3 aromatic carbocycles. The van der Waals surface area contributed by atoms with Gasteiger partial charge in [0.1, 0.15) is 0 Å². The van der Waals surface area contributed by atoms with Gasteiger partial charge in [-0.3, -0.25) is 9.78 Å². The molecule has 0 aliphatic heterocycles. The number of fused-ring (bicyclic) bond motifs is 1. The summed E-state index contributed by atoms with van der Waals surface area (Å²) in [6.45, 7) is 2.71. The molecular weight excluding hydrogens is 488 g/mol. The van der Waals surface area contributed by atoms with Crippen LogP contribution in [0.15, 0.2) is 96.4 Å². The van der Waals surface area contributed by atoms with Crippen LogP contribution in [0.5, 0.6) is 0 Å². The van der Waals surface area contributed by atoms with Crippen molar-refractivity contribution in [3.8, 4) is 0 Å². The lowest BCUT2D eigenvalue weighted by molar-refractivity contribution is 0.102. The highest BCUT2D eigenvalue weighted by Crippen LogP contribution is 2.28. The van der Waals surface area contributed by atoms with Gasteiger partial charge >= 0.3 is 0 Å². The van der Waals surface area contributed by atoms with Crippen LogP contribution >= 0.6 is 23.4 Å². The quantitative estimate of drug-likeness (QED) is 0.223. The molecule has 5 rings (SSSR count). The zero-order valence-electron chi connectivity index (χ0n) is 19.8. The zero-order valence-corrected chi connectivity index (χ0v) is 21.4. The number of pyridine rings is 1. The van der Waals surface area contributed by atoms with Crippen molar-refractivity contribution in [2.45, 2.75) is 30.8 Å². The number of imidazole rings is 1. The van der Waals surface area contributed by atoms with Crippen LogP contribution in [0.4, 0.5) is 5.69 Å². The summed E-state index contributed by atoms with van der Waals surface area (Å²) in [4.78, 5) is 22.0. The van der Waals surface area contributed by atoms with Crippen LogP contribution in [-0.2, 0) is 18.7 Å². The van der Waals surface area contributed by atoms with Gasteiger partial charge in [-0.1, -0.05) is 72.8 Å². The van der Waals surface area contributed by atoms with Crippen molar-refractivity contribution in [2.24, 2.45) is 0 Å². The van der Waals surface area contributed by atoms with Gasteiger partial charge in [0.25, 0.3) is 5.91 Å². The number of aryl methyl sites for hydroxylation is 1. The van der Waals surface area contributed by atoms with E-state index in [9.17, 15) is 4.79 Å². The molecule has 0 unspecified atom stereocenters. The van der Waals surface area contributed by atoms with Gasteiger partial charge in [-0.25, -0.2) is 4.98 Å². The Kier molecular flexibility index (Phi) is 7.35. The molecule has 0 bridgehead atoms. The fraction of sp³-hybridized carbons (Fsp3) is 0.138. The number of hydrogen-bond acceptors (Lipinski definition) is 4. The van der Waals surface area contributed by atoms with Crippen molar-refractivity contribution in [1.29, 1.82) is 0 Å². The third kappa shape index (κ3) is 5.45. The Morgan fingerprint density at radius 3 is 2.64 bits per heavy atom. The minimum Gasteiger partial charge on any atom is -0.322 e. The average molecular weight is 513 g/mol. The molecule has 2 heterocycles. The number of hydrogen-bond donors (Lipinski definition) is 1. The van der Waals surface area contributed by atoms with E-state index in [1.54, 1.807) is 18.0 Å². The lowest BCUT2D eigenvalue weighted by Gasteiger charge is -2.11. The second kappa shape index (κ2) is 11.0. The highest BCUT2D eigenvalue weighted by atomic mass is 35.5. The van der Waals surface area contributed by atoms with E-state index >= 15 is 0 Å². The Hall–Kier alpha value is -3.61. The molecule has 5 nitrogen and oxygen atoms in total. The summed E-state index contributed by atoms with van der Waals surface area (Å²) in [7, 11) is 0. The first-order chi connectivity index (χ1) is 17.6. The number of carbonyl (C=O) groups excluding carboxylic acids is 1. The smallest absolute Gasteiger partial charge is 0.255 e. The minimum absolute atomic E-state index is 0.113. The Morgan fingerprint density at radius 1 is 1.00 bits per heavy atom. The molecule has 36 heavy (non-hydrogen) atoms. The van der Waals surface area contributed by atoms with Crippen molar-refractivity contribution >= 4 is 46.0 Å². The van der Waals surface area contributed by atoms with Gasteiger partial charge in [0, 0.05) is 28.2 Å². The number of rotatable bonds is 8. The average Bonchev–Trinajstić information content (AvgIpc) is 3.25. The molecule has 0 aliphatic carbocycles. The van der Waals surface area contributed by atoms with E-state index < -0.39 is 0 Å². The largest absolute Gasteiger partial charge is 0.322 e. The Labute approximate surface area is 219 Å². The molecule has 0 saturated carbocycles. The molecule has 1 N–H and O–H groups in total. The SMILES string of the molecule is CCc1ccccc1NC(=O)c1ccc(Cn2c(SCc3cccc(Cl)c3)nc3ccncc32)cc1. The van der Waals surface area contributed by atoms with Crippen molar-refractivity contribution in [3.05, 3.63) is 119 Å². The summed E-state index contributed by atoms with van der Waals surface area (Å²) in [5, 5.41) is 4.68. The van der Waals surface area contributed by atoms with Gasteiger partial charge in [-0.15, -0.1) is 0 Å². The summed E-state index contributed by atoms with van der Waals surface area (Å²) < 4.78 is 2.17. The molecule has 0 saturated heterocycles. The molecule has 180 valence electrons. The number of benzene rings is 3. The van der Waals surface area contributed by atoms with Crippen molar-refractivity contribution in [1.82, 2.24) is 14.5 Å². The Bertz CT molecular complexity index is 1510. The van der Waals surface area contributed by atoms with Gasteiger partial charge in [-0.05, 0) is 59.5 Å². The molecular formula is C29H25ClN4OS. The van der Waals surface area contributed by atoms with Crippen LogP contribution in [0.2, 0.25) is 5.02 Å². The topological polar surface area (TPSA) is 59.8 Å². The maximum absolute atomic E-state index is 12.8. The summed E-state index contributed by atoms with van der Waals surface area (Å²) in [5.41, 5.74) is 6.70. The number of thioether (sulfide) groups is 1. The first-order valence-corrected chi connectivity index (χ1v) is 13.1. The predicted molar refractivity (Wildman–Crippen MR) is 148 cm³/mol. The molecule has 7 heteroatoms. The van der Waals surface area contributed by atoms with Crippen LogP contribution in [0, 0.1) is 0 Å². The van der Waals surface area contributed by atoms with Gasteiger partial charge in [-0.2, -0.15) is 0 Å². The molecule has 0 spiro atoms. The van der Waals surface area contributed by atoms with Crippen LogP contribution in [-0.4, -0.2) is 20.4 Å². The van der Waals surface area contributed by atoms with Crippen LogP contribution in [0.1, 0.15) is 34.0 Å². The molecule has 0 aliphatic rings. The summed E-state index contributed by atoms with van der Waals surface area (Å²) in [6, 6.07) is 25.4. The maximum atomic E-state index is 12.8. The molecule has 2 aromatic heterocycles. The van der Waals surface area contributed by atoms with Crippen LogP contribution in [0.25, 0.3) is 11.0 Å². The fourth-order valence-corrected chi connectivity index (χ4v) is 5.24. The number of carbonyl (C=O) groups is 1. The van der Waals surface area contributed by atoms with Crippen LogP contribution in [0.3, 0.4) is 0 Å². The van der Waals surface area contributed by atoms with Gasteiger partial charge in [0.15, 0.2) is 5.16 Å². The highest BCUT2D eigenvalue weighted by molar-refractivity contribution is 7.98. The molecule has 0 atom stereocenters. The number of amides is 1. The normalized spacial score (nSPS) is 11.1. The lowest BCUT2D eigenvalue weighted by Crippen LogP contribution is -2.13. The van der Waals surface area contributed by atoms with Gasteiger partial charge in [0.2, 0.25) is 0 Å². The molecule has 5 aromatic rings. The number of nitrogens with zero attached hydrogens (tertiary/aromatic N) is 3. The number of para-hydroxylation sites is 1. The monoisotopic (exact) mass is 512 g/mol. The maximum Gasteiger partial charge on any atom is 0.255 e. The van der Waals surface area contributed by atoms with E-state index in [0.717, 1.165) is 55.8 Å². The highest BCUT2D eigenvalue weighted by Gasteiger charge is 2.14.